The van der Waals surface area contributed by atoms with Gasteiger partial charge >= 0.3 is 5.97 Å². The number of cyclic esters (lactones) is 1. The summed E-state index contributed by atoms with van der Waals surface area (Å²) in [5.74, 6) is -6.45. The summed E-state index contributed by atoms with van der Waals surface area (Å²) in [6.45, 7) is 11.8. The second-order valence-electron chi connectivity index (χ2n) is 21.3. The van der Waals surface area contributed by atoms with E-state index in [0.717, 1.165) is 6.08 Å². The monoisotopic (exact) mass is 997 g/mol. The maximum atomic E-state index is 13.4. The molecule has 0 aromatic carbocycles. The van der Waals surface area contributed by atoms with Crippen molar-refractivity contribution >= 4 is 5.97 Å². The third-order valence-corrected chi connectivity index (χ3v) is 15.4. The number of carbonyl (C=O) groups excluding carboxylic acids is 1. The van der Waals surface area contributed by atoms with E-state index in [1.165, 1.54) is 6.08 Å². The van der Waals surface area contributed by atoms with E-state index < -0.39 is 170 Å². The summed E-state index contributed by atoms with van der Waals surface area (Å²) in [7, 11) is 0. The first-order valence-corrected chi connectivity index (χ1v) is 25.3. The van der Waals surface area contributed by atoms with E-state index in [9.17, 15) is 76.3 Å². The molecule has 3 saturated heterocycles. The topological polar surface area (TPSA) is 350 Å². The molecular formula is C49H88O20. The van der Waals surface area contributed by atoms with Crippen LogP contribution in [0.3, 0.4) is 0 Å². The molecule has 0 aromatic rings. The fourth-order valence-corrected chi connectivity index (χ4v) is 10.4. The quantitative estimate of drug-likeness (QED) is 0.107. The third kappa shape index (κ3) is 17.6. The minimum atomic E-state index is -2.36. The Hall–Kier alpha value is -1.51. The summed E-state index contributed by atoms with van der Waals surface area (Å²) in [5.41, 5.74) is 0. The molecule has 4 aliphatic heterocycles. The Labute approximate surface area is 406 Å². The van der Waals surface area contributed by atoms with Crippen LogP contribution < -0.4 is 0 Å². The Morgan fingerprint density at radius 2 is 1.28 bits per heavy atom. The number of carbonyl (C=O) groups is 1. The molecular weight excluding hydrogens is 909 g/mol. The molecule has 0 aliphatic carbocycles. The minimum Gasteiger partial charge on any atom is -0.458 e. The van der Waals surface area contributed by atoms with Crippen molar-refractivity contribution in [2.45, 2.75) is 260 Å². The Morgan fingerprint density at radius 1 is 0.652 bits per heavy atom. The van der Waals surface area contributed by atoms with E-state index in [4.69, 9.17) is 23.7 Å². The number of hydrogen-bond acceptors (Lipinski definition) is 20. The zero-order chi connectivity index (χ0) is 51.7. The van der Waals surface area contributed by atoms with Crippen LogP contribution >= 0.6 is 0 Å². The van der Waals surface area contributed by atoms with E-state index in [-0.39, 0.29) is 70.6 Å². The SMILES string of the molecule is C[C@H]([C@@H](O)[C@@H](C)[C@H](C)O[C@H]1C[C@H](O)[C@H](O)[C@H](C)O1)[C@H](O)[C@H](C)[C@H]1OC(=O)/C=C/C[C@H](O)C[C@H](O)C[C@@H](O)CC[C@@H](C)[C@H](O)C[C@]2(O)O[C@H](C[C@@H](O)C[C@H](O)CCC[C@H](O)[C@@H]3O[C@H]3[C@@H]1C)C[C@H](O)[C@H]2O. The lowest BCUT2D eigenvalue weighted by molar-refractivity contribution is -0.333. The summed E-state index contributed by atoms with van der Waals surface area (Å²) in [4.78, 5) is 13.4. The van der Waals surface area contributed by atoms with Crippen LogP contribution in [-0.4, -0.2) is 206 Å². The van der Waals surface area contributed by atoms with E-state index in [2.05, 4.69) is 0 Å². The molecule has 0 spiro atoms. The first-order valence-electron chi connectivity index (χ1n) is 25.3. The van der Waals surface area contributed by atoms with Gasteiger partial charge in [-0.15, -0.1) is 0 Å². The first-order chi connectivity index (χ1) is 32.2. The zero-order valence-electron chi connectivity index (χ0n) is 41.5. The van der Waals surface area contributed by atoms with Crippen LogP contribution in [0.5, 0.6) is 0 Å². The lowest BCUT2D eigenvalue weighted by Gasteiger charge is -2.45. The molecule has 0 saturated carbocycles. The van der Waals surface area contributed by atoms with Gasteiger partial charge in [0.15, 0.2) is 12.1 Å². The van der Waals surface area contributed by atoms with E-state index in [0.29, 0.717) is 6.42 Å². The van der Waals surface area contributed by atoms with Gasteiger partial charge in [0, 0.05) is 49.0 Å². The van der Waals surface area contributed by atoms with Crippen LogP contribution in [0.25, 0.3) is 0 Å². The normalized spacial score (nSPS) is 45.6. The number of rotatable bonds is 8. The Kier molecular flexibility index (Phi) is 23.6. The summed E-state index contributed by atoms with van der Waals surface area (Å²) < 4.78 is 29.5. The molecule has 20 heteroatoms. The van der Waals surface area contributed by atoms with Gasteiger partial charge < -0.3 is 95.2 Å². The molecule has 4 aliphatic rings. The van der Waals surface area contributed by atoms with Crippen LogP contribution in [0.4, 0.5) is 0 Å². The van der Waals surface area contributed by atoms with Crippen LogP contribution in [0.1, 0.15) is 132 Å². The Balaban J connectivity index is 1.47. The second kappa shape index (κ2) is 27.1. The van der Waals surface area contributed by atoms with Crippen molar-refractivity contribution in [1.29, 1.82) is 0 Å². The molecule has 0 radical (unpaired) electrons. The molecule has 4 heterocycles. The number of aliphatic hydroxyl groups is 14. The van der Waals surface area contributed by atoms with E-state index >= 15 is 0 Å². The molecule has 0 amide bonds. The molecule has 0 aromatic heterocycles. The summed E-state index contributed by atoms with van der Waals surface area (Å²) in [6, 6.07) is 0. The van der Waals surface area contributed by atoms with E-state index in [1.807, 2.05) is 0 Å². The first kappa shape index (κ1) is 60.0. The van der Waals surface area contributed by atoms with Gasteiger partial charge in [0.2, 0.25) is 0 Å². The molecule has 0 unspecified atom stereocenters. The van der Waals surface area contributed by atoms with Crippen molar-refractivity contribution in [3.63, 3.8) is 0 Å². The summed E-state index contributed by atoms with van der Waals surface area (Å²) in [6.07, 6.45) is -18.2. The number of fused-ring (bicyclic) bond motifs is 3. The maximum Gasteiger partial charge on any atom is 0.330 e. The van der Waals surface area contributed by atoms with Crippen LogP contribution in [0.2, 0.25) is 0 Å². The van der Waals surface area contributed by atoms with Gasteiger partial charge in [-0.25, -0.2) is 4.79 Å². The molecule has 3 fully saturated rings. The fraction of sp³-hybridized carbons (Fsp3) is 0.939. The van der Waals surface area contributed by atoms with Crippen molar-refractivity contribution in [1.82, 2.24) is 0 Å². The zero-order valence-corrected chi connectivity index (χ0v) is 41.5. The van der Waals surface area contributed by atoms with Gasteiger partial charge in [0.1, 0.15) is 24.4 Å². The smallest absolute Gasteiger partial charge is 0.330 e. The van der Waals surface area contributed by atoms with Crippen molar-refractivity contribution in [3.05, 3.63) is 12.2 Å². The molecule has 404 valence electrons. The number of hydrogen-bond donors (Lipinski definition) is 14. The molecule has 20 nitrogen and oxygen atoms in total. The Morgan fingerprint density at radius 3 is 1.93 bits per heavy atom. The highest BCUT2D eigenvalue weighted by molar-refractivity contribution is 5.82. The van der Waals surface area contributed by atoms with Gasteiger partial charge in [-0.05, 0) is 84.0 Å². The molecule has 4 rings (SSSR count). The number of ether oxygens (including phenoxy) is 5. The highest BCUT2D eigenvalue weighted by atomic mass is 16.7. The van der Waals surface area contributed by atoms with Gasteiger partial charge in [-0.1, -0.05) is 40.7 Å². The summed E-state index contributed by atoms with van der Waals surface area (Å²) >= 11 is 0. The molecule has 14 N–H and O–H groups in total. The summed E-state index contributed by atoms with van der Waals surface area (Å²) in [5, 5.41) is 152. The number of aliphatic hydroxyl groups excluding tert-OH is 13. The van der Waals surface area contributed by atoms with Crippen LogP contribution in [-0.2, 0) is 28.5 Å². The number of epoxide rings is 1. The van der Waals surface area contributed by atoms with Crippen molar-refractivity contribution in [2.75, 3.05) is 0 Å². The molecule has 69 heavy (non-hydrogen) atoms. The van der Waals surface area contributed by atoms with Gasteiger partial charge in [0.25, 0.3) is 0 Å². The van der Waals surface area contributed by atoms with Gasteiger partial charge in [-0.3, -0.25) is 0 Å². The maximum absolute atomic E-state index is 13.4. The van der Waals surface area contributed by atoms with Crippen molar-refractivity contribution in [2.24, 2.45) is 29.6 Å². The van der Waals surface area contributed by atoms with E-state index in [1.54, 1.807) is 48.5 Å². The lowest BCUT2D eigenvalue weighted by Crippen LogP contribution is -2.59. The fourth-order valence-electron chi connectivity index (χ4n) is 10.4. The average Bonchev–Trinajstić information content (AvgIpc) is 4.08. The highest BCUT2D eigenvalue weighted by Gasteiger charge is 2.53. The van der Waals surface area contributed by atoms with Crippen molar-refractivity contribution < 1.29 is 100.0 Å². The van der Waals surface area contributed by atoms with Gasteiger partial charge in [0.05, 0.1) is 91.6 Å². The second-order valence-corrected chi connectivity index (χ2v) is 21.3. The highest BCUT2D eigenvalue weighted by Crippen LogP contribution is 2.40. The standard InChI is InChI=1S/C49H88O20/c1-23-14-15-32(52)18-33(53)16-31(51)11-9-13-40(59)67-45(26(4)43(61)25(3)42(60)24(2)28(6)65-41-21-37(56)44(62)29(7)66-41)27(5)46-47(68-46)36(55)12-8-10-30(50)17-34(54)19-35-20-38(57)48(63)49(64,69-35)22-39(23)58/h9,13,23-39,41-48,50-58,60-64H,8,10-12,14-22H2,1-7H3/b13-9+/t23-,24+,25-,26+,27-,28+,29+,30-,31+,32+,33+,34+,35-,36+,37+,38+,39-,41-,42+,43+,44-,45-,46+,47+,48-,49+/m1/s1. The largest absolute Gasteiger partial charge is 0.458 e. The third-order valence-electron chi connectivity index (χ3n) is 15.4. The predicted molar refractivity (Wildman–Crippen MR) is 246 cm³/mol. The lowest BCUT2D eigenvalue weighted by atomic mass is 9.77. The Bertz CT molecular complexity index is 1530. The molecule has 26 atom stereocenters. The molecule has 2 bridgehead atoms. The minimum absolute atomic E-state index is 0.0279. The van der Waals surface area contributed by atoms with Crippen LogP contribution in [0.15, 0.2) is 12.2 Å². The van der Waals surface area contributed by atoms with Crippen LogP contribution in [0, 0.1) is 29.6 Å². The number of esters is 1. The average molecular weight is 997 g/mol. The van der Waals surface area contributed by atoms with Gasteiger partial charge in [-0.2, -0.15) is 0 Å². The van der Waals surface area contributed by atoms with Crippen molar-refractivity contribution in [3.8, 4) is 0 Å². The predicted octanol–water partition coefficient (Wildman–Crippen LogP) is -0.584.